The van der Waals surface area contributed by atoms with Gasteiger partial charge in [0.2, 0.25) is 5.91 Å². The molecule has 0 saturated carbocycles. The summed E-state index contributed by atoms with van der Waals surface area (Å²) in [5, 5.41) is 7.11. The highest BCUT2D eigenvalue weighted by molar-refractivity contribution is 5.97. The van der Waals surface area contributed by atoms with Crippen LogP contribution < -0.4 is 10.6 Å². The Labute approximate surface area is 154 Å². The molecule has 0 radical (unpaired) electrons. The Morgan fingerprint density at radius 2 is 2.22 bits per heavy atom. The van der Waals surface area contributed by atoms with Crippen LogP contribution in [-0.2, 0) is 4.79 Å². The third-order valence-corrected chi connectivity index (χ3v) is 4.33. The Morgan fingerprint density at radius 1 is 1.41 bits per heavy atom. The maximum Gasteiger partial charge on any atom is 0.279 e. The van der Waals surface area contributed by atoms with Crippen molar-refractivity contribution in [3.63, 3.8) is 0 Å². The van der Waals surface area contributed by atoms with Crippen molar-refractivity contribution < 1.29 is 13.6 Å². The largest absolute Gasteiger partial charge is 0.369 e. The van der Waals surface area contributed by atoms with Crippen molar-refractivity contribution in [2.75, 3.05) is 18.0 Å². The van der Waals surface area contributed by atoms with Crippen molar-refractivity contribution in [2.24, 2.45) is 11.7 Å². The first-order valence-corrected chi connectivity index (χ1v) is 8.40. The Morgan fingerprint density at radius 3 is 2.96 bits per heavy atom. The number of hydrogen-bond acceptors (Lipinski definition) is 6. The van der Waals surface area contributed by atoms with Crippen LogP contribution in [0.15, 0.2) is 24.7 Å². The number of imidazole rings is 1. The summed E-state index contributed by atoms with van der Waals surface area (Å²) in [6.45, 7) is 1.28. The highest BCUT2D eigenvalue weighted by Crippen LogP contribution is 2.24. The molecule has 1 amide bonds. The van der Waals surface area contributed by atoms with Gasteiger partial charge in [0.15, 0.2) is 0 Å². The maximum absolute atomic E-state index is 12.3. The molecule has 1 unspecified atom stereocenters. The summed E-state index contributed by atoms with van der Waals surface area (Å²) in [4.78, 5) is 29.0. The summed E-state index contributed by atoms with van der Waals surface area (Å²) in [7, 11) is 0. The zero-order valence-electron chi connectivity index (χ0n) is 14.4. The summed E-state index contributed by atoms with van der Waals surface area (Å²) in [6, 6.07) is 1.77. The van der Waals surface area contributed by atoms with E-state index in [4.69, 9.17) is 11.1 Å². The van der Waals surface area contributed by atoms with E-state index in [1.165, 1.54) is 18.6 Å². The van der Waals surface area contributed by atoms with Crippen LogP contribution in [0.1, 0.15) is 18.7 Å². The summed E-state index contributed by atoms with van der Waals surface area (Å²) >= 11 is 0. The second kappa shape index (κ2) is 8.02. The first-order valence-electron chi connectivity index (χ1n) is 8.40. The number of rotatable bonds is 6. The number of carbonyl (C=O) groups excluding carboxylic acids is 1. The van der Waals surface area contributed by atoms with Crippen LogP contribution in [0.25, 0.3) is 17.5 Å². The van der Waals surface area contributed by atoms with Gasteiger partial charge in [0.05, 0.1) is 29.2 Å². The van der Waals surface area contributed by atoms with Gasteiger partial charge in [-0.05, 0) is 25.0 Å². The lowest BCUT2D eigenvalue weighted by Crippen LogP contribution is -2.41. The van der Waals surface area contributed by atoms with Gasteiger partial charge in [-0.3, -0.25) is 10.2 Å². The smallest absolute Gasteiger partial charge is 0.279 e. The van der Waals surface area contributed by atoms with E-state index in [-0.39, 0.29) is 11.8 Å². The number of primary amides is 1. The molecule has 27 heavy (non-hydrogen) atoms. The standard InChI is InChI=1S/C17H19F2N7O/c18-16(19)11(20)3-4-14-22-7-13(25-14)12-6-15(24-9-23-12)26-5-1-2-10(8-26)17(21)27/h3-4,6-7,9-10,16,20H,1-2,5,8H2,(H2,21,27)(H,22,25)/b4-3-,20-11?. The molecule has 2 aromatic rings. The van der Waals surface area contributed by atoms with Crippen molar-refractivity contribution in [1.82, 2.24) is 19.9 Å². The van der Waals surface area contributed by atoms with Gasteiger partial charge in [-0.25, -0.2) is 23.7 Å². The number of aromatic amines is 1. The predicted octanol–water partition coefficient (Wildman–Crippen LogP) is 1.87. The van der Waals surface area contributed by atoms with E-state index in [2.05, 4.69) is 19.9 Å². The van der Waals surface area contributed by atoms with Gasteiger partial charge >= 0.3 is 0 Å². The lowest BCUT2D eigenvalue weighted by molar-refractivity contribution is -0.122. The zero-order chi connectivity index (χ0) is 19.4. The number of nitrogens with one attached hydrogen (secondary N) is 2. The first kappa shape index (κ1) is 18.6. The molecule has 142 valence electrons. The van der Waals surface area contributed by atoms with Crippen LogP contribution in [-0.4, -0.2) is 51.1 Å². The number of aromatic nitrogens is 4. The van der Waals surface area contributed by atoms with Crippen LogP contribution in [0, 0.1) is 11.3 Å². The van der Waals surface area contributed by atoms with Crippen LogP contribution in [0.4, 0.5) is 14.6 Å². The van der Waals surface area contributed by atoms with E-state index in [1.807, 2.05) is 4.90 Å². The highest BCUT2D eigenvalue weighted by Gasteiger charge is 2.25. The number of alkyl halides is 2. The Balaban J connectivity index is 1.76. The average Bonchev–Trinajstić information content (AvgIpc) is 3.15. The molecule has 2 aromatic heterocycles. The molecule has 1 aliphatic rings. The lowest BCUT2D eigenvalue weighted by atomic mass is 9.97. The Hall–Kier alpha value is -3.17. The molecule has 1 saturated heterocycles. The number of nitrogens with zero attached hydrogens (tertiary/aromatic N) is 4. The molecule has 1 aliphatic heterocycles. The monoisotopic (exact) mass is 375 g/mol. The molecular weight excluding hydrogens is 356 g/mol. The number of anilines is 1. The van der Waals surface area contributed by atoms with Crippen LogP contribution in [0.5, 0.6) is 0 Å². The third-order valence-electron chi connectivity index (χ3n) is 4.33. The second-order valence-corrected chi connectivity index (χ2v) is 6.22. The van der Waals surface area contributed by atoms with Crippen molar-refractivity contribution >= 4 is 23.5 Å². The lowest BCUT2D eigenvalue weighted by Gasteiger charge is -2.32. The molecule has 1 fully saturated rings. The van der Waals surface area contributed by atoms with Crippen molar-refractivity contribution in [1.29, 1.82) is 5.41 Å². The van der Waals surface area contributed by atoms with E-state index in [9.17, 15) is 13.6 Å². The van der Waals surface area contributed by atoms with Gasteiger partial charge in [0.25, 0.3) is 6.43 Å². The molecule has 0 bridgehead atoms. The molecule has 0 aliphatic carbocycles. The quantitative estimate of drug-likeness (QED) is 0.665. The van der Waals surface area contributed by atoms with E-state index in [1.54, 1.807) is 6.07 Å². The molecular formula is C17H19F2N7O. The van der Waals surface area contributed by atoms with E-state index in [0.717, 1.165) is 25.5 Å². The Bertz CT molecular complexity index is 864. The summed E-state index contributed by atoms with van der Waals surface area (Å²) < 4.78 is 24.7. The van der Waals surface area contributed by atoms with Crippen LogP contribution in [0.3, 0.4) is 0 Å². The number of hydrogen-bond donors (Lipinski definition) is 3. The minimum Gasteiger partial charge on any atom is -0.369 e. The number of nitrogens with two attached hydrogens (primary N) is 1. The number of H-pyrrole nitrogens is 1. The fraction of sp³-hybridized carbons (Fsp3) is 0.353. The van der Waals surface area contributed by atoms with Gasteiger partial charge in [0.1, 0.15) is 18.0 Å². The number of amides is 1. The Kier molecular flexibility index (Phi) is 5.53. The second-order valence-electron chi connectivity index (χ2n) is 6.22. The van der Waals surface area contributed by atoms with Crippen LogP contribution in [0.2, 0.25) is 0 Å². The number of allylic oxidation sites excluding steroid dienone is 1. The molecule has 0 spiro atoms. The predicted molar refractivity (Wildman–Crippen MR) is 96.5 cm³/mol. The molecule has 0 aromatic carbocycles. The first-order chi connectivity index (χ1) is 12.9. The van der Waals surface area contributed by atoms with Crippen LogP contribution >= 0.6 is 0 Å². The highest BCUT2D eigenvalue weighted by atomic mass is 19.3. The van der Waals surface area contributed by atoms with Gasteiger partial charge in [-0.15, -0.1) is 0 Å². The van der Waals surface area contributed by atoms with Gasteiger partial charge < -0.3 is 15.6 Å². The van der Waals surface area contributed by atoms with Crippen molar-refractivity contribution in [3.8, 4) is 11.4 Å². The number of carbonyl (C=O) groups is 1. The summed E-state index contributed by atoms with van der Waals surface area (Å²) in [5.41, 5.74) is 5.80. The minimum absolute atomic E-state index is 0.203. The molecule has 3 heterocycles. The van der Waals surface area contributed by atoms with E-state index >= 15 is 0 Å². The molecule has 1 atom stereocenters. The van der Waals surface area contributed by atoms with Gasteiger partial charge in [-0.2, -0.15) is 0 Å². The minimum atomic E-state index is -2.83. The molecule has 10 heteroatoms. The van der Waals surface area contributed by atoms with Crippen molar-refractivity contribution in [3.05, 3.63) is 30.5 Å². The average molecular weight is 375 g/mol. The third kappa shape index (κ3) is 4.52. The molecule has 3 rings (SSSR count). The number of halogens is 2. The molecule has 8 nitrogen and oxygen atoms in total. The van der Waals surface area contributed by atoms with E-state index in [0.29, 0.717) is 29.6 Å². The number of piperidine rings is 1. The fourth-order valence-corrected chi connectivity index (χ4v) is 2.88. The van der Waals surface area contributed by atoms with E-state index < -0.39 is 12.1 Å². The summed E-state index contributed by atoms with van der Waals surface area (Å²) in [6.07, 6.45) is 4.05. The normalized spacial score (nSPS) is 17.6. The summed E-state index contributed by atoms with van der Waals surface area (Å²) in [5.74, 6) is 0.499. The molecule has 4 N–H and O–H groups in total. The van der Waals surface area contributed by atoms with Gasteiger partial charge in [0, 0.05) is 19.2 Å². The maximum atomic E-state index is 12.3. The zero-order valence-corrected chi connectivity index (χ0v) is 14.4. The van der Waals surface area contributed by atoms with Gasteiger partial charge in [-0.1, -0.05) is 0 Å². The van der Waals surface area contributed by atoms with Crippen molar-refractivity contribution in [2.45, 2.75) is 19.3 Å². The topological polar surface area (TPSA) is 125 Å². The fourth-order valence-electron chi connectivity index (χ4n) is 2.88. The SMILES string of the molecule is N=C(/C=C\c1ncc(-c2cc(N3CCCC(C(N)=O)C3)ncn2)[nH]1)C(F)F.